The van der Waals surface area contributed by atoms with Crippen LogP contribution in [0.25, 0.3) is 0 Å². The van der Waals surface area contributed by atoms with Crippen molar-refractivity contribution in [3.05, 3.63) is 0 Å². The Hall–Kier alpha value is 0.0900. The van der Waals surface area contributed by atoms with Gasteiger partial charge < -0.3 is 25.2 Å². The number of aliphatic hydroxyl groups excluding tert-OH is 4. The molecule has 0 aromatic carbocycles. The monoisotopic (exact) mass is 198 g/mol. The second-order valence-corrected chi connectivity index (χ2v) is 3.18. The molecular weight excluding hydrogens is 188 g/mol. The van der Waals surface area contributed by atoms with E-state index in [0.29, 0.717) is 0 Å². The summed E-state index contributed by atoms with van der Waals surface area (Å²) in [5.41, 5.74) is 0. The highest BCUT2D eigenvalue weighted by molar-refractivity contribution is 6.21. The van der Waals surface area contributed by atoms with Crippen molar-refractivity contribution in [2.75, 3.05) is 6.61 Å². The van der Waals surface area contributed by atoms with E-state index >= 15 is 0 Å². The first kappa shape index (κ1) is 10.2. The van der Waals surface area contributed by atoms with Gasteiger partial charge in [0.2, 0.25) is 0 Å². The maximum absolute atomic E-state index is 9.24. The minimum Gasteiger partial charge on any atom is -0.394 e. The van der Waals surface area contributed by atoms with E-state index in [9.17, 15) is 5.11 Å². The lowest BCUT2D eigenvalue weighted by atomic mass is 10.0. The van der Waals surface area contributed by atoms with Crippen LogP contribution >= 0.6 is 11.6 Å². The van der Waals surface area contributed by atoms with Crippen LogP contribution in [-0.4, -0.2) is 57.0 Å². The summed E-state index contributed by atoms with van der Waals surface area (Å²) in [6, 6.07) is 0. The summed E-state index contributed by atoms with van der Waals surface area (Å²) in [6.45, 7) is -0.450. The third-order valence-electron chi connectivity index (χ3n) is 1.82. The largest absolute Gasteiger partial charge is 0.394 e. The third kappa shape index (κ3) is 1.71. The molecule has 0 aromatic heterocycles. The van der Waals surface area contributed by atoms with Gasteiger partial charge in [0.25, 0.3) is 0 Å². The summed E-state index contributed by atoms with van der Waals surface area (Å²) in [7, 11) is 0. The molecule has 0 aliphatic carbocycles. The minimum atomic E-state index is -1.45. The zero-order chi connectivity index (χ0) is 9.30. The van der Waals surface area contributed by atoms with Gasteiger partial charge in [-0.25, -0.2) is 0 Å². The summed E-state index contributed by atoms with van der Waals surface area (Å²) in [6.07, 6.45) is -4.89. The molecular formula is C6H11ClO5. The summed E-state index contributed by atoms with van der Waals surface area (Å²) in [5.74, 6) is 0. The van der Waals surface area contributed by atoms with Crippen molar-refractivity contribution in [3.63, 3.8) is 0 Å². The van der Waals surface area contributed by atoms with Crippen LogP contribution in [0.4, 0.5) is 0 Å². The lowest BCUT2D eigenvalue weighted by Crippen LogP contribution is -2.56. The number of aliphatic hydroxyl groups is 4. The molecule has 3 unspecified atom stereocenters. The van der Waals surface area contributed by atoms with Gasteiger partial charge in [0.05, 0.1) is 12.0 Å². The predicted molar refractivity (Wildman–Crippen MR) is 39.6 cm³/mol. The molecule has 1 fully saturated rings. The molecule has 1 heterocycles. The quantitative estimate of drug-likeness (QED) is 0.367. The van der Waals surface area contributed by atoms with Crippen molar-refractivity contribution in [2.45, 2.75) is 30.0 Å². The van der Waals surface area contributed by atoms with E-state index in [1.54, 1.807) is 0 Å². The van der Waals surface area contributed by atoms with Crippen LogP contribution in [0.2, 0.25) is 0 Å². The second kappa shape index (κ2) is 3.87. The van der Waals surface area contributed by atoms with Crippen molar-refractivity contribution in [1.29, 1.82) is 0 Å². The molecule has 0 bridgehead atoms. The Kier molecular flexibility index (Phi) is 3.28. The van der Waals surface area contributed by atoms with Gasteiger partial charge in [-0.15, -0.1) is 11.6 Å². The van der Waals surface area contributed by atoms with E-state index in [2.05, 4.69) is 4.74 Å². The Labute approximate surface area is 74.2 Å². The molecule has 5 atom stereocenters. The van der Waals surface area contributed by atoms with E-state index < -0.39 is 36.6 Å². The van der Waals surface area contributed by atoms with Crippen molar-refractivity contribution in [2.24, 2.45) is 0 Å². The lowest BCUT2D eigenvalue weighted by Gasteiger charge is -2.37. The van der Waals surface area contributed by atoms with Gasteiger partial charge in [-0.3, -0.25) is 0 Å². The summed E-state index contributed by atoms with van der Waals surface area (Å²) in [4.78, 5) is 0. The van der Waals surface area contributed by atoms with Crippen LogP contribution in [-0.2, 0) is 4.74 Å². The highest BCUT2D eigenvalue weighted by atomic mass is 35.5. The molecule has 0 saturated carbocycles. The fourth-order valence-electron chi connectivity index (χ4n) is 1.06. The Morgan fingerprint density at radius 1 is 1.17 bits per heavy atom. The average Bonchev–Trinajstić information content (AvgIpc) is 2.08. The first-order valence-corrected chi connectivity index (χ1v) is 3.96. The molecule has 0 radical (unpaired) electrons. The van der Waals surface area contributed by atoms with Gasteiger partial charge in [-0.1, -0.05) is 0 Å². The van der Waals surface area contributed by atoms with Crippen LogP contribution in [0.15, 0.2) is 0 Å². The van der Waals surface area contributed by atoms with Gasteiger partial charge in [0.1, 0.15) is 18.3 Å². The Bertz CT molecular complexity index is 150. The Morgan fingerprint density at radius 3 is 2.25 bits per heavy atom. The fraction of sp³-hybridized carbons (Fsp3) is 1.00. The highest BCUT2D eigenvalue weighted by Gasteiger charge is 2.42. The van der Waals surface area contributed by atoms with Crippen LogP contribution in [0.3, 0.4) is 0 Å². The van der Waals surface area contributed by atoms with Gasteiger partial charge in [-0.05, 0) is 0 Å². The zero-order valence-corrected chi connectivity index (χ0v) is 6.92. The van der Waals surface area contributed by atoms with Crippen LogP contribution in [0.1, 0.15) is 0 Å². The molecule has 6 heteroatoms. The topological polar surface area (TPSA) is 90.2 Å². The van der Waals surface area contributed by atoms with Crippen LogP contribution < -0.4 is 0 Å². The van der Waals surface area contributed by atoms with Crippen molar-refractivity contribution in [3.8, 4) is 0 Å². The Balaban J connectivity index is 2.63. The summed E-state index contributed by atoms with van der Waals surface area (Å²) >= 11 is 5.53. The van der Waals surface area contributed by atoms with Crippen LogP contribution in [0, 0.1) is 0 Å². The highest BCUT2D eigenvalue weighted by Crippen LogP contribution is 2.23. The van der Waals surface area contributed by atoms with Crippen molar-refractivity contribution < 1.29 is 25.2 Å². The number of hydrogen-bond acceptors (Lipinski definition) is 5. The fourth-order valence-corrected chi connectivity index (χ4v) is 1.34. The van der Waals surface area contributed by atoms with Gasteiger partial charge in [0.15, 0.2) is 6.29 Å². The van der Waals surface area contributed by atoms with Gasteiger partial charge in [0, 0.05) is 0 Å². The molecule has 72 valence electrons. The average molecular weight is 199 g/mol. The van der Waals surface area contributed by atoms with Crippen molar-refractivity contribution in [1.82, 2.24) is 0 Å². The molecule has 1 saturated heterocycles. The van der Waals surface area contributed by atoms with Crippen molar-refractivity contribution >= 4 is 11.6 Å². The predicted octanol–water partition coefficient (Wildman–Crippen LogP) is -1.97. The number of hydrogen-bond donors (Lipinski definition) is 4. The molecule has 0 spiro atoms. The standard InChI is InChI=1S/C6H11ClO5/c7-3-4(9)2(1-8)12-6(11)5(3)10/h2-6,8-11H,1H2/t2?,3-,4-,5?,6?/m1/s1. The molecule has 1 aliphatic heterocycles. The number of halogens is 1. The summed E-state index contributed by atoms with van der Waals surface area (Å²) < 4.78 is 4.65. The van der Waals surface area contributed by atoms with Gasteiger partial charge >= 0.3 is 0 Å². The van der Waals surface area contributed by atoms with E-state index in [1.807, 2.05) is 0 Å². The van der Waals surface area contributed by atoms with E-state index in [1.165, 1.54) is 0 Å². The Morgan fingerprint density at radius 2 is 1.75 bits per heavy atom. The molecule has 0 aromatic rings. The lowest BCUT2D eigenvalue weighted by molar-refractivity contribution is -0.249. The summed E-state index contributed by atoms with van der Waals surface area (Å²) in [5, 5.41) is 34.9. The first-order valence-electron chi connectivity index (χ1n) is 3.52. The molecule has 12 heavy (non-hydrogen) atoms. The molecule has 0 amide bonds. The molecule has 4 N–H and O–H groups in total. The smallest absolute Gasteiger partial charge is 0.182 e. The SMILES string of the molecule is OCC1OC(O)C(O)[C@H](Cl)[C@@H]1O. The van der Waals surface area contributed by atoms with Crippen LogP contribution in [0.5, 0.6) is 0 Å². The van der Waals surface area contributed by atoms with Gasteiger partial charge in [-0.2, -0.15) is 0 Å². The molecule has 1 aliphatic rings. The molecule has 5 nitrogen and oxygen atoms in total. The number of rotatable bonds is 1. The number of alkyl halides is 1. The minimum absolute atomic E-state index is 0.450. The zero-order valence-electron chi connectivity index (χ0n) is 6.17. The maximum atomic E-state index is 9.24. The third-order valence-corrected chi connectivity index (χ3v) is 2.34. The number of ether oxygens (including phenoxy) is 1. The van der Waals surface area contributed by atoms with E-state index in [4.69, 9.17) is 26.9 Å². The normalized spacial score (nSPS) is 49.2. The van der Waals surface area contributed by atoms with E-state index in [-0.39, 0.29) is 0 Å². The maximum Gasteiger partial charge on any atom is 0.182 e. The second-order valence-electron chi connectivity index (χ2n) is 2.67. The first-order chi connectivity index (χ1) is 5.57. The van der Waals surface area contributed by atoms with E-state index in [0.717, 1.165) is 0 Å². The molecule has 1 rings (SSSR count).